The van der Waals surface area contributed by atoms with E-state index in [9.17, 15) is 4.79 Å². The summed E-state index contributed by atoms with van der Waals surface area (Å²) in [6.45, 7) is 2.35. The number of hydrogen-bond donors (Lipinski definition) is 1. The molecule has 0 saturated heterocycles. The second-order valence-corrected chi connectivity index (χ2v) is 3.64. The molecule has 0 aliphatic rings. The normalized spacial score (nSPS) is 11.4. The minimum Gasteiger partial charge on any atom is -0.468 e. The molecule has 0 amide bonds. The summed E-state index contributed by atoms with van der Waals surface area (Å²) in [6.07, 6.45) is 0.989. The van der Waals surface area contributed by atoms with E-state index in [1.165, 1.54) is 12.7 Å². The number of rotatable bonds is 5. The fraction of sp³-hybridized carbons (Fsp3) is 0.385. The summed E-state index contributed by atoms with van der Waals surface area (Å²) in [5, 5.41) is 11.8. The van der Waals surface area contributed by atoms with Crippen molar-refractivity contribution in [2.24, 2.45) is 5.92 Å². The first-order valence-corrected chi connectivity index (χ1v) is 5.51. The van der Waals surface area contributed by atoms with Gasteiger partial charge in [0.15, 0.2) is 5.92 Å². The number of hydrogen-bond acceptors (Lipinski definition) is 4. The molecule has 1 unspecified atom stereocenters. The molecule has 0 saturated carbocycles. The molecule has 0 bridgehead atoms. The van der Waals surface area contributed by atoms with Crippen LogP contribution in [-0.4, -0.2) is 19.6 Å². The Morgan fingerprint density at radius 3 is 2.59 bits per heavy atom. The van der Waals surface area contributed by atoms with E-state index in [4.69, 9.17) is 5.26 Å². The van der Waals surface area contributed by atoms with Crippen LogP contribution in [0.2, 0.25) is 0 Å². The van der Waals surface area contributed by atoms with Gasteiger partial charge in [-0.15, -0.1) is 0 Å². The minimum absolute atomic E-state index is 0.259. The van der Waals surface area contributed by atoms with Gasteiger partial charge in [-0.25, -0.2) is 0 Å². The first-order chi connectivity index (χ1) is 8.21. The average Bonchev–Trinajstić information content (AvgIpc) is 2.39. The predicted octanol–water partition coefficient (Wildman–Crippen LogP) is 1.97. The Morgan fingerprint density at radius 2 is 2.12 bits per heavy atom. The third-order valence-corrected chi connectivity index (χ3v) is 2.51. The van der Waals surface area contributed by atoms with Gasteiger partial charge in [0.25, 0.3) is 0 Å². The van der Waals surface area contributed by atoms with Gasteiger partial charge in [-0.1, -0.05) is 19.1 Å². The summed E-state index contributed by atoms with van der Waals surface area (Å²) in [7, 11) is 1.28. The molecule has 0 heterocycles. The zero-order chi connectivity index (χ0) is 12.7. The number of carbonyl (C=O) groups is 1. The van der Waals surface area contributed by atoms with Crippen LogP contribution in [0.25, 0.3) is 0 Å². The van der Waals surface area contributed by atoms with Crippen LogP contribution in [0.15, 0.2) is 24.3 Å². The molecule has 0 aliphatic carbocycles. The van der Waals surface area contributed by atoms with Crippen molar-refractivity contribution in [1.29, 1.82) is 5.26 Å². The van der Waals surface area contributed by atoms with Crippen molar-refractivity contribution in [3.8, 4) is 6.07 Å². The van der Waals surface area contributed by atoms with Crippen molar-refractivity contribution in [3.05, 3.63) is 29.8 Å². The quantitative estimate of drug-likeness (QED) is 0.788. The maximum Gasteiger partial charge on any atom is 0.324 e. The van der Waals surface area contributed by atoms with Gasteiger partial charge in [0.05, 0.1) is 13.2 Å². The predicted molar refractivity (Wildman–Crippen MR) is 65.4 cm³/mol. The van der Waals surface area contributed by atoms with Crippen molar-refractivity contribution in [3.63, 3.8) is 0 Å². The third-order valence-electron chi connectivity index (χ3n) is 2.51. The number of nitrogens with zero attached hydrogens (tertiary/aromatic N) is 1. The molecule has 90 valence electrons. The highest BCUT2D eigenvalue weighted by atomic mass is 16.5. The largest absolute Gasteiger partial charge is 0.468 e. The number of nitrogens with one attached hydrogen (secondary N) is 1. The van der Waals surface area contributed by atoms with Crippen LogP contribution in [0.3, 0.4) is 0 Å². The number of benzene rings is 1. The van der Waals surface area contributed by atoms with Gasteiger partial charge in [-0.3, -0.25) is 4.79 Å². The molecular weight excluding hydrogens is 216 g/mol. The van der Waals surface area contributed by atoms with E-state index in [0.29, 0.717) is 0 Å². The van der Waals surface area contributed by atoms with Crippen LogP contribution >= 0.6 is 0 Å². The van der Waals surface area contributed by atoms with E-state index in [1.807, 2.05) is 30.3 Å². The smallest absolute Gasteiger partial charge is 0.324 e. The Balaban J connectivity index is 2.54. The van der Waals surface area contributed by atoms with Crippen molar-refractivity contribution in [2.45, 2.75) is 13.3 Å². The Morgan fingerprint density at radius 1 is 1.47 bits per heavy atom. The van der Waals surface area contributed by atoms with E-state index in [2.05, 4.69) is 17.0 Å². The molecule has 1 rings (SSSR count). The van der Waals surface area contributed by atoms with Gasteiger partial charge < -0.3 is 10.1 Å². The van der Waals surface area contributed by atoms with Crippen molar-refractivity contribution in [1.82, 2.24) is 0 Å². The number of methoxy groups -OCH3 is 1. The second-order valence-electron chi connectivity index (χ2n) is 3.64. The number of aryl methyl sites for hydroxylation is 1. The van der Waals surface area contributed by atoms with E-state index < -0.39 is 11.9 Å². The van der Waals surface area contributed by atoms with Gasteiger partial charge >= 0.3 is 5.97 Å². The lowest BCUT2D eigenvalue weighted by Gasteiger charge is -2.10. The Kier molecular flexibility index (Phi) is 5.02. The summed E-state index contributed by atoms with van der Waals surface area (Å²) in [5.74, 6) is -1.28. The van der Waals surface area contributed by atoms with Crippen LogP contribution in [0.4, 0.5) is 5.69 Å². The Bertz CT molecular complexity index is 406. The Labute approximate surface area is 101 Å². The number of carbonyl (C=O) groups excluding carboxylic acids is 1. The number of anilines is 1. The van der Waals surface area contributed by atoms with E-state index in [0.717, 1.165) is 12.1 Å². The molecule has 1 aromatic rings. The third kappa shape index (κ3) is 3.80. The first-order valence-electron chi connectivity index (χ1n) is 5.51. The lowest BCUT2D eigenvalue weighted by atomic mass is 10.1. The summed E-state index contributed by atoms with van der Waals surface area (Å²) in [4.78, 5) is 11.2. The molecule has 1 aromatic carbocycles. The molecule has 1 atom stereocenters. The number of esters is 1. The number of ether oxygens (including phenoxy) is 1. The highest BCUT2D eigenvalue weighted by Gasteiger charge is 2.17. The standard InChI is InChI=1S/C13H16N2O2/c1-3-10-4-6-12(7-5-10)15-9-11(8-14)13(16)17-2/h4-7,11,15H,3,9H2,1-2H3. The topological polar surface area (TPSA) is 62.1 Å². The molecule has 4 nitrogen and oxygen atoms in total. The lowest BCUT2D eigenvalue weighted by molar-refractivity contribution is -0.143. The fourth-order valence-corrected chi connectivity index (χ4v) is 1.40. The molecule has 1 N–H and O–H groups in total. The van der Waals surface area contributed by atoms with E-state index >= 15 is 0 Å². The highest BCUT2D eigenvalue weighted by molar-refractivity contribution is 5.75. The van der Waals surface area contributed by atoms with Gasteiger partial charge in [0, 0.05) is 12.2 Å². The fourth-order valence-electron chi connectivity index (χ4n) is 1.40. The maximum atomic E-state index is 11.2. The second kappa shape index (κ2) is 6.54. The summed E-state index contributed by atoms with van der Waals surface area (Å²) >= 11 is 0. The van der Waals surface area contributed by atoms with Gasteiger partial charge in [-0.2, -0.15) is 5.26 Å². The molecule has 0 aromatic heterocycles. The maximum absolute atomic E-state index is 11.2. The van der Waals surface area contributed by atoms with Gasteiger partial charge in [0.2, 0.25) is 0 Å². The molecule has 17 heavy (non-hydrogen) atoms. The zero-order valence-corrected chi connectivity index (χ0v) is 10.1. The average molecular weight is 232 g/mol. The SMILES string of the molecule is CCc1ccc(NCC(C#N)C(=O)OC)cc1. The molecule has 4 heteroatoms. The van der Waals surface area contributed by atoms with Crippen molar-refractivity contribution >= 4 is 11.7 Å². The molecule has 0 radical (unpaired) electrons. The van der Waals surface area contributed by atoms with Crippen LogP contribution in [0.5, 0.6) is 0 Å². The molecular formula is C13H16N2O2. The first kappa shape index (κ1) is 13.0. The van der Waals surface area contributed by atoms with Crippen LogP contribution in [0.1, 0.15) is 12.5 Å². The summed E-state index contributed by atoms with van der Waals surface area (Å²) < 4.78 is 4.53. The monoisotopic (exact) mass is 232 g/mol. The molecule has 0 fully saturated rings. The molecule has 0 aliphatic heterocycles. The Hall–Kier alpha value is -2.02. The summed E-state index contributed by atoms with van der Waals surface area (Å²) in [6, 6.07) is 9.81. The zero-order valence-electron chi connectivity index (χ0n) is 10.1. The van der Waals surface area contributed by atoms with Crippen LogP contribution in [0, 0.1) is 17.2 Å². The van der Waals surface area contributed by atoms with Gasteiger partial charge in [0.1, 0.15) is 0 Å². The highest BCUT2D eigenvalue weighted by Crippen LogP contribution is 2.10. The molecule has 0 spiro atoms. The van der Waals surface area contributed by atoms with Gasteiger partial charge in [-0.05, 0) is 24.1 Å². The summed E-state index contributed by atoms with van der Waals surface area (Å²) in [5.41, 5.74) is 2.15. The van der Waals surface area contributed by atoms with E-state index in [1.54, 1.807) is 0 Å². The minimum atomic E-state index is -0.772. The van der Waals surface area contributed by atoms with Crippen molar-refractivity contribution < 1.29 is 9.53 Å². The van der Waals surface area contributed by atoms with Crippen LogP contribution in [-0.2, 0) is 16.0 Å². The number of nitriles is 1. The van der Waals surface area contributed by atoms with E-state index in [-0.39, 0.29) is 6.54 Å². The van der Waals surface area contributed by atoms with Crippen LogP contribution < -0.4 is 5.32 Å². The lowest BCUT2D eigenvalue weighted by Crippen LogP contribution is -2.22. The van der Waals surface area contributed by atoms with Crippen molar-refractivity contribution in [2.75, 3.05) is 19.0 Å².